The van der Waals surface area contributed by atoms with Crippen LogP contribution in [0.5, 0.6) is 0 Å². The average Bonchev–Trinajstić information content (AvgIpc) is 3.27. The van der Waals surface area contributed by atoms with Crippen LogP contribution in [0.1, 0.15) is 108 Å². The molecule has 4 amide bonds. The van der Waals surface area contributed by atoms with Gasteiger partial charge in [0, 0.05) is 46.1 Å². The van der Waals surface area contributed by atoms with Crippen molar-refractivity contribution < 1.29 is 58.0 Å². The van der Waals surface area contributed by atoms with Crippen LogP contribution < -0.4 is 16.0 Å². The quantitative estimate of drug-likeness (QED) is 0.0451. The number of hydrogen-bond acceptors (Lipinski definition) is 10. The minimum Gasteiger partial charge on any atom is -0.481 e. The Morgan fingerprint density at radius 3 is 1.35 bits per heavy atom. The normalized spacial score (nSPS) is 19.1. The molecule has 0 radical (unpaired) electrons. The summed E-state index contributed by atoms with van der Waals surface area (Å²) < 4.78 is 11.1. The lowest BCUT2D eigenvalue weighted by molar-refractivity contribution is -0.156. The Bertz CT molecular complexity index is 2360. The third-order valence-electron chi connectivity index (χ3n) is 11.7. The summed E-state index contributed by atoms with van der Waals surface area (Å²) in [4.78, 5) is 98.0. The van der Waals surface area contributed by atoms with E-state index in [0.717, 1.165) is 33.4 Å². The second-order valence-electron chi connectivity index (χ2n) is 19.0. The van der Waals surface area contributed by atoms with Gasteiger partial charge in [0.1, 0.15) is 0 Å². The van der Waals surface area contributed by atoms with Gasteiger partial charge in [-0.25, -0.2) is 9.59 Å². The van der Waals surface area contributed by atoms with Crippen molar-refractivity contribution in [3.8, 4) is 0 Å². The minimum atomic E-state index is -1.04. The molecule has 0 fully saturated rings. The number of Topliss-reactive ketones (excluding diaryl/α,β-unsaturated/α-hetero) is 2. The number of hydrogen-bond donors (Lipinski definition) is 5. The van der Waals surface area contributed by atoms with Gasteiger partial charge in [0.2, 0.25) is 0 Å². The molecule has 2 aliphatic rings. The summed E-state index contributed by atoms with van der Waals surface area (Å²) in [6.07, 6.45) is 25.6. The third-order valence-corrected chi connectivity index (χ3v) is 11.7. The molecule has 16 nitrogen and oxygen atoms in total. The zero-order chi connectivity index (χ0) is 53.5. The number of amides is 4. The third kappa shape index (κ3) is 22.0. The predicted molar refractivity (Wildman–Crippen MR) is 274 cm³/mol. The maximum atomic E-state index is 13.3. The molecule has 2 rings (SSSR count). The topological polar surface area (TPSA) is 235 Å². The predicted octanol–water partition coefficient (Wildman–Crippen LogP) is 8.68. The number of carboxylic acids is 2. The fourth-order valence-electron chi connectivity index (χ4n) is 7.59. The molecular formula is C55H74N4O12. The van der Waals surface area contributed by atoms with Gasteiger partial charge in [-0.15, -0.1) is 0 Å². The average molecular weight is 983 g/mol. The van der Waals surface area contributed by atoms with Crippen molar-refractivity contribution in [2.75, 3.05) is 33.2 Å². The standard InChI is InChI=1S/C55H74N4O12/c1-36(18-14-20-38(3)22-24-42-40(5)50(66)44(34-54(42,7)8)70-48(64)27-31-57-52(68)56-30-26-46(60)61)16-12-13-17-37(2)19-15-21-39(4)23-25-43-41(6)51(67)45(35-55(43,9)10)71-49(65)28-32-58-53(69)59(11)33-29-47(62)63/h12-25,44-45H,26-35H2,1-11H3,(H,58,69)(H,60,61)(H,62,63)(H2,56,57,68)/b13-12+,18-14+,19-15+,24-22+,25-23+,36-16+,37-17+,38-20+,39-21+/t44-,45-/m0/s1. The number of ketones is 2. The van der Waals surface area contributed by atoms with Gasteiger partial charge in [-0.05, 0) is 74.7 Å². The second-order valence-corrected chi connectivity index (χ2v) is 19.0. The lowest BCUT2D eigenvalue weighted by atomic mass is 9.71. The molecule has 0 heterocycles. The fourth-order valence-corrected chi connectivity index (χ4v) is 7.59. The van der Waals surface area contributed by atoms with Crippen LogP contribution in [0.25, 0.3) is 0 Å². The first kappa shape index (κ1) is 60.0. The van der Waals surface area contributed by atoms with E-state index in [-0.39, 0.29) is 63.4 Å². The number of urea groups is 2. The summed E-state index contributed by atoms with van der Waals surface area (Å²) in [5, 5.41) is 24.9. The molecule has 0 aromatic heterocycles. The van der Waals surface area contributed by atoms with Gasteiger partial charge in [0.15, 0.2) is 23.8 Å². The molecule has 16 heteroatoms. The van der Waals surface area contributed by atoms with Crippen LogP contribution in [0.3, 0.4) is 0 Å². The number of allylic oxidation sites excluding steroid dienone is 20. The van der Waals surface area contributed by atoms with Crippen molar-refractivity contribution in [2.45, 2.75) is 120 Å². The summed E-state index contributed by atoms with van der Waals surface area (Å²) in [7, 11) is 1.46. The van der Waals surface area contributed by atoms with Gasteiger partial charge in [-0.2, -0.15) is 0 Å². The number of carbonyl (C=O) groups is 8. The number of rotatable bonds is 24. The molecule has 0 aliphatic heterocycles. The smallest absolute Gasteiger partial charge is 0.317 e. The molecule has 71 heavy (non-hydrogen) atoms. The van der Waals surface area contributed by atoms with Gasteiger partial charge < -0.3 is 40.5 Å². The molecule has 5 N–H and O–H groups in total. The zero-order valence-electron chi connectivity index (χ0n) is 43.2. The van der Waals surface area contributed by atoms with Gasteiger partial charge >= 0.3 is 35.9 Å². The summed E-state index contributed by atoms with van der Waals surface area (Å²) in [5.41, 5.74) is 5.89. The highest BCUT2D eigenvalue weighted by Gasteiger charge is 2.41. The van der Waals surface area contributed by atoms with E-state index in [1.54, 1.807) is 13.8 Å². The first-order valence-electron chi connectivity index (χ1n) is 23.7. The number of ether oxygens (including phenoxy) is 2. The van der Waals surface area contributed by atoms with Crippen LogP contribution in [-0.4, -0.2) is 108 Å². The number of carbonyl (C=O) groups excluding carboxylic acids is 6. The first-order chi connectivity index (χ1) is 33.2. The molecule has 0 saturated heterocycles. The Morgan fingerprint density at radius 2 is 0.944 bits per heavy atom. The lowest BCUT2D eigenvalue weighted by Gasteiger charge is -2.36. The molecule has 2 aliphatic carbocycles. The monoisotopic (exact) mass is 983 g/mol. The van der Waals surface area contributed by atoms with Gasteiger partial charge in [-0.3, -0.25) is 28.8 Å². The van der Waals surface area contributed by atoms with E-state index in [1.807, 2.05) is 140 Å². The highest BCUT2D eigenvalue weighted by Crippen LogP contribution is 2.42. The van der Waals surface area contributed by atoms with Gasteiger partial charge in [0.05, 0.1) is 25.7 Å². The Hall–Kier alpha value is -7.10. The van der Waals surface area contributed by atoms with Gasteiger partial charge in [0.25, 0.3) is 0 Å². The van der Waals surface area contributed by atoms with E-state index in [9.17, 15) is 38.4 Å². The lowest BCUT2D eigenvalue weighted by Crippen LogP contribution is -2.41. The number of nitrogens with one attached hydrogen (secondary N) is 3. The van der Waals surface area contributed by atoms with Crippen LogP contribution in [-0.2, 0) is 38.2 Å². The Morgan fingerprint density at radius 1 is 0.577 bits per heavy atom. The Balaban J connectivity index is 1.91. The van der Waals surface area contributed by atoms with E-state index >= 15 is 0 Å². The summed E-state index contributed by atoms with van der Waals surface area (Å²) in [5.74, 6) is -3.81. The van der Waals surface area contributed by atoms with Gasteiger partial charge in [-0.1, -0.05) is 135 Å². The van der Waals surface area contributed by atoms with Crippen molar-refractivity contribution in [1.29, 1.82) is 0 Å². The number of esters is 2. The highest BCUT2D eigenvalue weighted by molar-refractivity contribution is 6.02. The van der Waals surface area contributed by atoms with Crippen molar-refractivity contribution >= 4 is 47.5 Å². The van der Waals surface area contributed by atoms with Crippen molar-refractivity contribution in [3.63, 3.8) is 0 Å². The van der Waals surface area contributed by atoms with E-state index in [2.05, 4.69) is 16.0 Å². The Kier molecular flexibility index (Phi) is 24.7. The molecule has 2 atom stereocenters. The molecule has 0 aromatic carbocycles. The minimum absolute atomic E-state index is 0.0137. The molecule has 0 saturated carbocycles. The van der Waals surface area contributed by atoms with Crippen LogP contribution in [0, 0.1) is 10.8 Å². The van der Waals surface area contributed by atoms with Crippen LogP contribution >= 0.6 is 0 Å². The number of aliphatic carboxylic acids is 2. The van der Waals surface area contributed by atoms with E-state index in [4.69, 9.17) is 19.7 Å². The fraction of sp³-hybridized carbons (Fsp3) is 0.455. The molecule has 386 valence electrons. The number of carboxylic acid groups (broad SMARTS) is 2. The Labute approximate surface area is 418 Å². The molecular weight excluding hydrogens is 909 g/mol. The molecule has 0 spiro atoms. The molecule has 0 bridgehead atoms. The van der Waals surface area contributed by atoms with E-state index in [1.165, 1.54) is 11.9 Å². The van der Waals surface area contributed by atoms with Crippen molar-refractivity contribution in [1.82, 2.24) is 20.9 Å². The second kappa shape index (κ2) is 29.2. The van der Waals surface area contributed by atoms with Crippen molar-refractivity contribution in [2.24, 2.45) is 10.8 Å². The highest BCUT2D eigenvalue weighted by atomic mass is 16.6. The summed E-state index contributed by atoms with van der Waals surface area (Å²) in [6, 6.07) is -1.10. The maximum absolute atomic E-state index is 13.3. The van der Waals surface area contributed by atoms with Crippen LogP contribution in [0.15, 0.2) is 130 Å². The summed E-state index contributed by atoms with van der Waals surface area (Å²) >= 11 is 0. The zero-order valence-corrected chi connectivity index (χ0v) is 43.2. The maximum Gasteiger partial charge on any atom is 0.317 e. The largest absolute Gasteiger partial charge is 0.481 e. The summed E-state index contributed by atoms with van der Waals surface area (Å²) in [6.45, 7) is 19.4. The molecule has 0 aromatic rings. The number of nitrogens with zero attached hydrogens (tertiary/aromatic N) is 1. The molecule has 0 unspecified atom stereocenters. The SMILES string of the molecule is CC1=C(/C=C/C(C)=C/C=C/C(C)=C/C=C/C=C(C)/C=C/C=C(C)/C=C/C2=C(C)C(=O)[C@@H](OC(=O)CCNC(=O)N(C)CCC(=O)O)CC2(C)C)C(C)(C)C[C@H](OC(=O)CCNC(=O)NCCC(=O)O)C1=O. The van der Waals surface area contributed by atoms with Crippen LogP contribution in [0.4, 0.5) is 9.59 Å². The van der Waals surface area contributed by atoms with Crippen molar-refractivity contribution in [3.05, 3.63) is 130 Å². The van der Waals surface area contributed by atoms with E-state index < -0.39 is 59.0 Å². The van der Waals surface area contributed by atoms with E-state index in [0.29, 0.717) is 24.0 Å². The van der Waals surface area contributed by atoms with Crippen LogP contribution in [0.2, 0.25) is 0 Å². The first-order valence-corrected chi connectivity index (χ1v) is 23.7.